The molecule has 0 aromatic carbocycles. The van der Waals surface area contributed by atoms with E-state index in [9.17, 15) is 8.42 Å². The third-order valence-electron chi connectivity index (χ3n) is 9.40. The molecule has 0 aliphatic carbocycles. The molecule has 4 nitrogen and oxygen atoms in total. The molecule has 4 heterocycles. The highest BCUT2D eigenvalue weighted by atomic mass is 32.2. The fraction of sp³-hybridized carbons (Fsp3) is 0.733. The molecule has 12 heteroatoms. The molecule has 0 radical (unpaired) electrons. The Labute approximate surface area is 288 Å². The molecule has 0 amide bonds. The number of fused-ring (bicyclic) bond motifs is 2. The molecule has 4 rings (SSSR count). The lowest BCUT2D eigenvalue weighted by atomic mass is 9.81. The summed E-state index contributed by atoms with van der Waals surface area (Å²) < 4.78 is 27.3. The molecule has 4 aliphatic rings. The summed E-state index contributed by atoms with van der Waals surface area (Å²) in [5, 5.41) is -0.301. The summed E-state index contributed by atoms with van der Waals surface area (Å²) in [4.78, 5) is 9.96. The van der Waals surface area contributed by atoms with Crippen molar-refractivity contribution >= 4 is 114 Å². The Balaban J connectivity index is 1.37. The summed E-state index contributed by atoms with van der Waals surface area (Å²) in [6.07, 6.45) is 8.74. The first-order valence-corrected chi connectivity index (χ1v) is 21.3. The molecular formula is C30H44N2O2S8. The van der Waals surface area contributed by atoms with Crippen molar-refractivity contribution in [3.63, 3.8) is 0 Å². The van der Waals surface area contributed by atoms with Gasteiger partial charge in [0.05, 0.1) is 9.98 Å². The first-order valence-electron chi connectivity index (χ1n) is 14.8. The minimum atomic E-state index is -1.25. The highest BCUT2D eigenvalue weighted by Gasteiger charge is 2.42. The molecular weight excluding hydrogens is 677 g/mol. The van der Waals surface area contributed by atoms with Crippen molar-refractivity contribution in [3.05, 3.63) is 22.0 Å². The van der Waals surface area contributed by atoms with E-state index >= 15 is 0 Å². The van der Waals surface area contributed by atoms with Crippen LogP contribution in [0, 0.1) is 22.7 Å². The molecule has 4 aliphatic heterocycles. The molecule has 2 saturated heterocycles. The largest absolute Gasteiger partial charge is 0.323 e. The quantitative estimate of drug-likeness (QED) is 0.177. The van der Waals surface area contributed by atoms with Gasteiger partial charge in [0.25, 0.3) is 0 Å². The van der Waals surface area contributed by atoms with Crippen LogP contribution >= 0.6 is 72.4 Å². The van der Waals surface area contributed by atoms with Crippen molar-refractivity contribution in [3.8, 4) is 0 Å². The highest BCUT2D eigenvalue weighted by Crippen LogP contribution is 2.44. The lowest BCUT2D eigenvalue weighted by Gasteiger charge is -2.44. The number of thioether (sulfide) groups is 2. The van der Waals surface area contributed by atoms with Crippen LogP contribution in [0.25, 0.3) is 0 Å². The number of hydrogen-bond acceptors (Lipinski definition) is 8. The van der Waals surface area contributed by atoms with Gasteiger partial charge in [0, 0.05) is 56.7 Å². The van der Waals surface area contributed by atoms with Crippen LogP contribution in [0.5, 0.6) is 0 Å². The zero-order valence-corrected chi connectivity index (χ0v) is 32.0. The average molecular weight is 721 g/mol. The van der Waals surface area contributed by atoms with E-state index < -0.39 is 21.6 Å². The van der Waals surface area contributed by atoms with Gasteiger partial charge in [0.1, 0.15) is 15.4 Å². The zero-order chi connectivity index (χ0) is 31.0. The van der Waals surface area contributed by atoms with Crippen molar-refractivity contribution in [1.82, 2.24) is 9.80 Å². The van der Waals surface area contributed by atoms with Crippen molar-refractivity contribution in [1.29, 1.82) is 0 Å². The van der Waals surface area contributed by atoms with Gasteiger partial charge >= 0.3 is 0 Å². The van der Waals surface area contributed by atoms with Crippen molar-refractivity contribution in [2.24, 2.45) is 22.7 Å². The van der Waals surface area contributed by atoms with Gasteiger partial charge in [-0.1, -0.05) is 89.9 Å². The summed E-state index contributed by atoms with van der Waals surface area (Å²) in [6.45, 7) is 13.2. The van der Waals surface area contributed by atoms with Gasteiger partial charge in [-0.3, -0.25) is 8.42 Å². The first-order chi connectivity index (χ1) is 19.7. The van der Waals surface area contributed by atoms with E-state index in [4.69, 9.17) is 48.9 Å². The lowest BCUT2D eigenvalue weighted by molar-refractivity contribution is 0.209. The minimum absolute atomic E-state index is 0.0119. The number of hydrogen-bond donors (Lipinski definition) is 0. The Morgan fingerprint density at radius 1 is 0.881 bits per heavy atom. The van der Waals surface area contributed by atoms with Gasteiger partial charge in [-0.2, -0.15) is 0 Å². The molecule has 42 heavy (non-hydrogen) atoms. The maximum absolute atomic E-state index is 14.0. The van der Waals surface area contributed by atoms with Gasteiger partial charge < -0.3 is 9.80 Å². The second-order valence-electron chi connectivity index (χ2n) is 13.1. The predicted octanol–water partition coefficient (Wildman–Crippen LogP) is 7.66. The molecule has 0 saturated carbocycles. The van der Waals surface area contributed by atoms with Gasteiger partial charge in [0.15, 0.2) is 0 Å². The van der Waals surface area contributed by atoms with E-state index in [1.807, 2.05) is 28.4 Å². The highest BCUT2D eigenvalue weighted by molar-refractivity contribution is 8.03. The van der Waals surface area contributed by atoms with E-state index in [1.54, 1.807) is 0 Å². The van der Waals surface area contributed by atoms with Gasteiger partial charge in [0.2, 0.25) is 0 Å². The SMILES string of the molecule is CCC(C)(C)CC(N1C(=S)C=C2SCCC2C1=S)S(=O)CCS(=O)CCC(C)(C)C(C)N1C(=S)C=C2SCCC2C1=S. The first kappa shape index (κ1) is 35.3. The number of nitrogens with zero attached hydrogens (tertiary/aromatic N) is 2. The molecule has 0 spiro atoms. The van der Waals surface area contributed by atoms with Crippen molar-refractivity contribution < 1.29 is 8.42 Å². The Morgan fingerprint density at radius 3 is 1.95 bits per heavy atom. The second-order valence-corrected chi connectivity index (χ2v) is 20.5. The van der Waals surface area contributed by atoms with Crippen molar-refractivity contribution in [2.75, 3.05) is 28.8 Å². The smallest absolute Gasteiger partial charge is 0.111 e. The van der Waals surface area contributed by atoms with Crippen LogP contribution in [0.15, 0.2) is 22.0 Å². The Kier molecular flexibility index (Phi) is 12.2. The van der Waals surface area contributed by atoms with Crippen LogP contribution in [0.2, 0.25) is 0 Å². The van der Waals surface area contributed by atoms with Crippen LogP contribution in [-0.4, -0.2) is 78.4 Å². The molecule has 0 bridgehead atoms. The fourth-order valence-corrected chi connectivity index (χ4v) is 14.1. The third kappa shape index (κ3) is 7.86. The molecule has 6 atom stereocenters. The summed E-state index contributed by atoms with van der Waals surface area (Å²) in [7, 11) is -2.34. The van der Waals surface area contributed by atoms with Crippen LogP contribution < -0.4 is 0 Å². The normalized spacial score (nSPS) is 26.0. The van der Waals surface area contributed by atoms with Crippen LogP contribution in [0.3, 0.4) is 0 Å². The Hall–Kier alpha value is 0.440. The topological polar surface area (TPSA) is 40.6 Å². The maximum Gasteiger partial charge on any atom is 0.111 e. The Morgan fingerprint density at radius 2 is 1.40 bits per heavy atom. The van der Waals surface area contributed by atoms with E-state index in [2.05, 4.69) is 58.6 Å². The predicted molar refractivity (Wildman–Crippen MR) is 203 cm³/mol. The van der Waals surface area contributed by atoms with Gasteiger partial charge in [-0.15, -0.1) is 23.5 Å². The average Bonchev–Trinajstić information content (AvgIpc) is 3.59. The van der Waals surface area contributed by atoms with E-state index in [0.717, 1.165) is 58.6 Å². The molecule has 0 aromatic rings. The summed E-state index contributed by atoms with van der Waals surface area (Å²) in [5.74, 6) is 3.97. The van der Waals surface area contributed by atoms with Crippen molar-refractivity contribution in [2.45, 2.75) is 85.1 Å². The number of rotatable bonds is 13. The molecule has 234 valence electrons. The zero-order valence-electron chi connectivity index (χ0n) is 25.5. The molecule has 0 N–H and O–H groups in total. The fourth-order valence-electron chi connectivity index (χ4n) is 5.72. The standard InChI is InChI=1S/C30H44N2O2S8/c1-7-29(3,4)18-26(32-25(36)17-23-21(28(32)38)9-12-40-23)42(34)15-14-41(33)13-10-30(5,6)19(2)31-24(35)16-22-20(27(31)37)8-11-39-22/h16-17,19-21,26H,7-15,18H2,1-6H3. The van der Waals surface area contributed by atoms with Crippen LogP contribution in [0.1, 0.15) is 73.6 Å². The minimum Gasteiger partial charge on any atom is -0.323 e. The van der Waals surface area contributed by atoms with E-state index in [1.165, 1.54) is 9.81 Å². The summed E-state index contributed by atoms with van der Waals surface area (Å²) in [5.41, 5.74) is -0.161. The second kappa shape index (κ2) is 14.5. The molecule has 6 unspecified atom stereocenters. The maximum atomic E-state index is 14.0. The third-order valence-corrected chi connectivity index (χ3v) is 16.5. The number of thiocarbonyl (C=S) groups is 4. The lowest BCUT2D eigenvalue weighted by Crippen LogP contribution is -2.52. The van der Waals surface area contributed by atoms with Gasteiger partial charge in [-0.05, 0) is 76.9 Å². The van der Waals surface area contributed by atoms with Gasteiger partial charge in [-0.25, -0.2) is 0 Å². The van der Waals surface area contributed by atoms with E-state index in [0.29, 0.717) is 28.2 Å². The Bertz CT molecular complexity index is 1240. The monoisotopic (exact) mass is 720 g/mol. The van der Waals surface area contributed by atoms with E-state index in [-0.39, 0.29) is 28.2 Å². The van der Waals surface area contributed by atoms with Crippen LogP contribution in [0.4, 0.5) is 0 Å². The summed E-state index contributed by atoms with van der Waals surface area (Å²) >= 11 is 27.2. The molecule has 2 fully saturated rings. The summed E-state index contributed by atoms with van der Waals surface area (Å²) in [6, 6.07) is 0.0977. The molecule has 0 aromatic heterocycles. The van der Waals surface area contributed by atoms with Crippen LogP contribution in [-0.2, 0) is 21.6 Å².